The number of hydrogen-bond donors (Lipinski definition) is 1. The van der Waals surface area contributed by atoms with E-state index in [9.17, 15) is 0 Å². The van der Waals surface area contributed by atoms with Gasteiger partial charge >= 0.3 is 7.12 Å². The maximum atomic E-state index is 6.13. The molecule has 2 heterocycles. The van der Waals surface area contributed by atoms with E-state index in [2.05, 4.69) is 32.7 Å². The second-order valence-electron chi connectivity index (χ2n) is 7.04. The van der Waals surface area contributed by atoms with E-state index in [1.165, 1.54) is 18.4 Å². The smallest absolute Gasteiger partial charge is 0.399 e. The Bertz CT molecular complexity index is 511. The second kappa shape index (κ2) is 4.47. The number of aromatic nitrogens is 1. The molecule has 3 rings (SSSR count). The van der Waals surface area contributed by atoms with Crippen molar-refractivity contribution in [3.63, 3.8) is 0 Å². The molecular weight excluding hydrogens is 251 g/mol. The van der Waals surface area contributed by atoms with Crippen molar-refractivity contribution in [1.82, 2.24) is 4.98 Å². The highest BCUT2D eigenvalue weighted by molar-refractivity contribution is 6.62. The molecule has 0 unspecified atom stereocenters. The minimum absolute atomic E-state index is 0.324. The van der Waals surface area contributed by atoms with Gasteiger partial charge < -0.3 is 15.0 Å². The molecule has 2 N–H and O–H groups in total. The molecule has 1 saturated heterocycles. The Hall–Kier alpha value is -1.07. The number of nitrogens with zero attached hydrogens (tertiary/aromatic N) is 1. The number of rotatable bonds is 3. The average molecular weight is 274 g/mol. The molecule has 4 nitrogen and oxygen atoms in total. The molecule has 2 fully saturated rings. The van der Waals surface area contributed by atoms with Crippen molar-refractivity contribution in [1.29, 1.82) is 0 Å². The molecule has 5 heteroatoms. The van der Waals surface area contributed by atoms with E-state index in [4.69, 9.17) is 15.0 Å². The van der Waals surface area contributed by atoms with Crippen molar-refractivity contribution in [2.45, 2.75) is 58.2 Å². The Balaban J connectivity index is 1.90. The van der Waals surface area contributed by atoms with Crippen LogP contribution in [0.25, 0.3) is 0 Å². The van der Waals surface area contributed by atoms with Gasteiger partial charge in [0.1, 0.15) is 5.82 Å². The molecule has 0 bridgehead atoms. The van der Waals surface area contributed by atoms with E-state index < -0.39 is 0 Å². The summed E-state index contributed by atoms with van der Waals surface area (Å²) in [7, 11) is -0.346. The fourth-order valence-electron chi connectivity index (χ4n) is 2.52. The van der Waals surface area contributed by atoms with Crippen LogP contribution >= 0.6 is 0 Å². The van der Waals surface area contributed by atoms with E-state index in [-0.39, 0.29) is 18.3 Å². The molecule has 0 radical (unpaired) electrons. The van der Waals surface area contributed by atoms with Gasteiger partial charge in [0.25, 0.3) is 0 Å². The van der Waals surface area contributed by atoms with Crippen LogP contribution in [0, 0.1) is 5.92 Å². The van der Waals surface area contributed by atoms with Crippen LogP contribution in [-0.4, -0.2) is 23.3 Å². The highest BCUT2D eigenvalue weighted by Crippen LogP contribution is 2.37. The fraction of sp³-hybridized carbons (Fsp3) is 0.667. The number of anilines is 1. The van der Waals surface area contributed by atoms with Crippen LogP contribution in [0.5, 0.6) is 0 Å². The van der Waals surface area contributed by atoms with Crippen LogP contribution in [0.2, 0.25) is 0 Å². The van der Waals surface area contributed by atoms with Gasteiger partial charge in [0, 0.05) is 11.7 Å². The summed E-state index contributed by atoms with van der Waals surface area (Å²) in [6.07, 6.45) is 5.48. The first-order chi connectivity index (χ1) is 9.28. The van der Waals surface area contributed by atoms with Crippen LogP contribution in [0.1, 0.15) is 46.1 Å². The van der Waals surface area contributed by atoms with Crippen molar-refractivity contribution in [2.24, 2.45) is 5.92 Å². The largest absolute Gasteiger partial charge is 0.496 e. The van der Waals surface area contributed by atoms with Crippen LogP contribution in [-0.2, 0) is 15.7 Å². The molecule has 0 atom stereocenters. The molecule has 1 aliphatic heterocycles. The lowest BCUT2D eigenvalue weighted by Crippen LogP contribution is -2.41. The molecule has 1 saturated carbocycles. The normalized spacial score (nSPS) is 24.1. The van der Waals surface area contributed by atoms with E-state index in [1.807, 2.05) is 12.3 Å². The Kier molecular flexibility index (Phi) is 3.10. The quantitative estimate of drug-likeness (QED) is 0.855. The van der Waals surface area contributed by atoms with Gasteiger partial charge in [0.05, 0.1) is 11.2 Å². The Labute approximate surface area is 121 Å². The maximum absolute atomic E-state index is 6.13. The summed E-state index contributed by atoms with van der Waals surface area (Å²) in [6, 6.07) is 1.97. The van der Waals surface area contributed by atoms with Crippen molar-refractivity contribution in [3.05, 3.63) is 17.8 Å². The highest BCUT2D eigenvalue weighted by Gasteiger charge is 2.52. The molecular formula is C15H23BN2O2. The van der Waals surface area contributed by atoms with Gasteiger partial charge in [0.2, 0.25) is 0 Å². The van der Waals surface area contributed by atoms with Crippen molar-refractivity contribution in [3.8, 4) is 0 Å². The van der Waals surface area contributed by atoms with E-state index >= 15 is 0 Å². The average Bonchev–Trinajstić information content (AvgIpc) is 3.07. The molecule has 1 aromatic heterocycles. The first-order valence-corrected chi connectivity index (χ1v) is 7.38. The van der Waals surface area contributed by atoms with Gasteiger partial charge in [-0.25, -0.2) is 4.98 Å². The molecule has 1 aromatic rings. The summed E-state index contributed by atoms with van der Waals surface area (Å²) in [6.45, 7) is 8.27. The molecule has 0 amide bonds. The maximum Gasteiger partial charge on any atom is 0.496 e. The number of hydrogen-bond acceptors (Lipinski definition) is 4. The van der Waals surface area contributed by atoms with E-state index in [0.29, 0.717) is 5.82 Å². The van der Waals surface area contributed by atoms with Crippen LogP contribution < -0.4 is 11.2 Å². The third kappa shape index (κ3) is 2.45. The first kappa shape index (κ1) is 13.9. The lowest BCUT2D eigenvalue weighted by Gasteiger charge is -2.32. The SMILES string of the molecule is CC1(C)OB(c2cnc(N)cc2CC2CC2)OC1(C)C. The highest BCUT2D eigenvalue weighted by atomic mass is 16.7. The molecule has 1 aliphatic carbocycles. The van der Waals surface area contributed by atoms with Crippen LogP contribution in [0.3, 0.4) is 0 Å². The standard InChI is InChI=1S/C15H23BN2O2/c1-14(2)15(3,4)20-16(19-14)12-9-18-13(17)8-11(12)7-10-5-6-10/h8-10H,5-7H2,1-4H3,(H2,17,18). The number of nitrogens with two attached hydrogens (primary N) is 1. The minimum Gasteiger partial charge on any atom is -0.399 e. The predicted molar refractivity (Wildman–Crippen MR) is 80.8 cm³/mol. The molecule has 20 heavy (non-hydrogen) atoms. The predicted octanol–water partition coefficient (Wildman–Crippen LogP) is 1.92. The van der Waals surface area contributed by atoms with E-state index in [0.717, 1.165) is 17.8 Å². The lowest BCUT2D eigenvalue weighted by atomic mass is 9.76. The number of pyridine rings is 1. The first-order valence-electron chi connectivity index (χ1n) is 7.38. The van der Waals surface area contributed by atoms with Gasteiger partial charge in [-0.3, -0.25) is 0 Å². The molecule has 0 aromatic carbocycles. The summed E-state index contributed by atoms with van der Waals surface area (Å²) in [5, 5.41) is 0. The third-order valence-electron chi connectivity index (χ3n) is 4.76. The zero-order valence-electron chi connectivity index (χ0n) is 12.8. The zero-order valence-corrected chi connectivity index (χ0v) is 12.8. The van der Waals surface area contributed by atoms with Gasteiger partial charge in [-0.2, -0.15) is 0 Å². The van der Waals surface area contributed by atoms with Gasteiger partial charge in [-0.05, 0) is 64.5 Å². The third-order valence-corrected chi connectivity index (χ3v) is 4.76. The molecule has 108 valence electrons. The summed E-state index contributed by atoms with van der Waals surface area (Å²) in [5.41, 5.74) is 7.44. The molecule has 0 spiro atoms. The number of nitrogen functional groups attached to an aromatic ring is 1. The summed E-state index contributed by atoms with van der Waals surface area (Å²) in [4.78, 5) is 4.23. The van der Waals surface area contributed by atoms with E-state index in [1.54, 1.807) is 0 Å². The zero-order chi connectivity index (χ0) is 14.5. The Morgan fingerprint density at radius 1 is 1.25 bits per heavy atom. The van der Waals surface area contributed by atoms with Gasteiger partial charge in [0.15, 0.2) is 0 Å². The van der Waals surface area contributed by atoms with Gasteiger partial charge in [-0.15, -0.1) is 0 Å². The van der Waals surface area contributed by atoms with Crippen molar-refractivity contribution >= 4 is 18.4 Å². The summed E-state index contributed by atoms with van der Waals surface area (Å²) >= 11 is 0. The summed E-state index contributed by atoms with van der Waals surface area (Å²) in [5.74, 6) is 1.36. The van der Waals surface area contributed by atoms with Gasteiger partial charge in [-0.1, -0.05) is 0 Å². The Morgan fingerprint density at radius 3 is 2.40 bits per heavy atom. The minimum atomic E-state index is -0.346. The molecule has 2 aliphatic rings. The van der Waals surface area contributed by atoms with Crippen molar-refractivity contribution in [2.75, 3.05) is 5.73 Å². The summed E-state index contributed by atoms with van der Waals surface area (Å²) < 4.78 is 12.3. The Morgan fingerprint density at radius 2 is 1.85 bits per heavy atom. The monoisotopic (exact) mass is 274 g/mol. The van der Waals surface area contributed by atoms with Crippen molar-refractivity contribution < 1.29 is 9.31 Å². The van der Waals surface area contributed by atoms with Crippen LogP contribution in [0.4, 0.5) is 5.82 Å². The lowest BCUT2D eigenvalue weighted by molar-refractivity contribution is 0.00578. The fourth-order valence-corrected chi connectivity index (χ4v) is 2.52. The topological polar surface area (TPSA) is 57.4 Å². The second-order valence-corrected chi connectivity index (χ2v) is 7.04. The van der Waals surface area contributed by atoms with Crippen LogP contribution in [0.15, 0.2) is 12.3 Å².